The van der Waals surface area contributed by atoms with E-state index in [1.54, 1.807) is 0 Å². The molecule has 0 aromatic heterocycles. The number of aliphatic hydroxyl groups excluding tert-OH is 1. The molecule has 118 valence electrons. The van der Waals surface area contributed by atoms with Crippen LogP contribution in [0.3, 0.4) is 0 Å². The van der Waals surface area contributed by atoms with Crippen LogP contribution in [0, 0.1) is 5.41 Å². The Balaban J connectivity index is 1.85. The number of rotatable bonds is 7. The lowest BCUT2D eigenvalue weighted by molar-refractivity contribution is -0.0154. The Morgan fingerprint density at radius 1 is 1.33 bits per heavy atom. The van der Waals surface area contributed by atoms with E-state index in [4.69, 9.17) is 9.47 Å². The first-order chi connectivity index (χ1) is 10.1. The molecule has 0 amide bonds. The van der Waals surface area contributed by atoms with Gasteiger partial charge in [-0.15, -0.1) is 0 Å². The van der Waals surface area contributed by atoms with Crippen LogP contribution in [0.15, 0.2) is 24.3 Å². The van der Waals surface area contributed by atoms with Crippen molar-refractivity contribution in [1.29, 1.82) is 0 Å². The SMILES string of the molecule is CC(C)Oc1cccc(CNCC2(CO)CCOCC2)c1. The second kappa shape index (κ2) is 7.78. The number of hydrogen-bond acceptors (Lipinski definition) is 4. The van der Waals surface area contributed by atoms with Gasteiger partial charge in [-0.2, -0.15) is 0 Å². The van der Waals surface area contributed by atoms with E-state index in [-0.39, 0.29) is 18.1 Å². The highest BCUT2D eigenvalue weighted by atomic mass is 16.5. The van der Waals surface area contributed by atoms with E-state index in [0.29, 0.717) is 0 Å². The molecule has 1 aliphatic heterocycles. The molecule has 0 saturated carbocycles. The molecular formula is C17H27NO3. The maximum absolute atomic E-state index is 9.67. The summed E-state index contributed by atoms with van der Waals surface area (Å²) in [6.07, 6.45) is 2.04. The molecular weight excluding hydrogens is 266 g/mol. The Labute approximate surface area is 127 Å². The minimum atomic E-state index is -0.0235. The van der Waals surface area contributed by atoms with Crippen molar-refractivity contribution in [3.63, 3.8) is 0 Å². The number of benzene rings is 1. The molecule has 1 fully saturated rings. The second-order valence-electron chi connectivity index (χ2n) is 6.19. The van der Waals surface area contributed by atoms with Crippen LogP contribution >= 0.6 is 0 Å². The largest absolute Gasteiger partial charge is 0.491 e. The van der Waals surface area contributed by atoms with Gasteiger partial charge in [-0.3, -0.25) is 0 Å². The lowest BCUT2D eigenvalue weighted by atomic mass is 9.81. The molecule has 1 aliphatic rings. The van der Waals surface area contributed by atoms with E-state index in [0.717, 1.165) is 44.9 Å². The number of aliphatic hydroxyl groups is 1. The molecule has 4 heteroatoms. The van der Waals surface area contributed by atoms with E-state index in [1.165, 1.54) is 5.56 Å². The van der Waals surface area contributed by atoms with Gasteiger partial charge in [0.1, 0.15) is 5.75 Å². The molecule has 0 radical (unpaired) electrons. The molecule has 1 heterocycles. The minimum Gasteiger partial charge on any atom is -0.491 e. The predicted molar refractivity (Wildman–Crippen MR) is 83.5 cm³/mol. The average Bonchev–Trinajstić information content (AvgIpc) is 2.48. The highest BCUT2D eigenvalue weighted by molar-refractivity contribution is 5.28. The summed E-state index contributed by atoms with van der Waals surface area (Å²) in [6, 6.07) is 8.17. The van der Waals surface area contributed by atoms with Gasteiger partial charge in [0, 0.05) is 31.7 Å². The second-order valence-corrected chi connectivity index (χ2v) is 6.19. The maximum atomic E-state index is 9.67. The van der Waals surface area contributed by atoms with Gasteiger partial charge in [0.05, 0.1) is 12.7 Å². The first-order valence-corrected chi connectivity index (χ1v) is 7.78. The van der Waals surface area contributed by atoms with Crippen molar-refractivity contribution in [2.75, 3.05) is 26.4 Å². The molecule has 21 heavy (non-hydrogen) atoms. The van der Waals surface area contributed by atoms with Crippen molar-refractivity contribution < 1.29 is 14.6 Å². The van der Waals surface area contributed by atoms with Crippen LogP contribution in [0.25, 0.3) is 0 Å². The number of hydrogen-bond donors (Lipinski definition) is 2. The normalized spacial score (nSPS) is 17.9. The fourth-order valence-corrected chi connectivity index (χ4v) is 2.67. The van der Waals surface area contributed by atoms with Crippen molar-refractivity contribution in [3.8, 4) is 5.75 Å². The van der Waals surface area contributed by atoms with Gasteiger partial charge >= 0.3 is 0 Å². The highest BCUT2D eigenvalue weighted by Crippen LogP contribution is 2.29. The third-order valence-electron chi connectivity index (χ3n) is 3.99. The summed E-state index contributed by atoms with van der Waals surface area (Å²) in [6.45, 7) is 7.39. The smallest absolute Gasteiger partial charge is 0.120 e. The van der Waals surface area contributed by atoms with Crippen LogP contribution < -0.4 is 10.1 Å². The fourth-order valence-electron chi connectivity index (χ4n) is 2.67. The summed E-state index contributed by atoms with van der Waals surface area (Å²) in [4.78, 5) is 0. The van der Waals surface area contributed by atoms with Crippen LogP contribution in [0.2, 0.25) is 0 Å². The zero-order chi connectivity index (χ0) is 15.1. The van der Waals surface area contributed by atoms with Gasteiger partial charge in [0.25, 0.3) is 0 Å². The molecule has 0 aliphatic carbocycles. The van der Waals surface area contributed by atoms with Gasteiger partial charge in [-0.25, -0.2) is 0 Å². The summed E-state index contributed by atoms with van der Waals surface area (Å²) >= 11 is 0. The van der Waals surface area contributed by atoms with Crippen molar-refractivity contribution in [2.24, 2.45) is 5.41 Å². The molecule has 4 nitrogen and oxygen atoms in total. The monoisotopic (exact) mass is 293 g/mol. The van der Waals surface area contributed by atoms with E-state index in [2.05, 4.69) is 17.4 Å². The van der Waals surface area contributed by atoms with E-state index < -0.39 is 0 Å². The third kappa shape index (κ3) is 4.99. The van der Waals surface area contributed by atoms with E-state index in [1.807, 2.05) is 26.0 Å². The molecule has 1 aromatic carbocycles. The molecule has 0 bridgehead atoms. The molecule has 0 unspecified atom stereocenters. The summed E-state index contributed by atoms with van der Waals surface area (Å²) < 4.78 is 11.1. The van der Waals surface area contributed by atoms with Gasteiger partial charge < -0.3 is 19.9 Å². The zero-order valence-electron chi connectivity index (χ0n) is 13.1. The lowest BCUT2D eigenvalue weighted by Crippen LogP contribution is -2.41. The summed E-state index contributed by atoms with van der Waals surface area (Å²) in [5, 5.41) is 13.1. The van der Waals surface area contributed by atoms with Crippen LogP contribution in [-0.4, -0.2) is 37.6 Å². The summed E-state index contributed by atoms with van der Waals surface area (Å²) in [5.74, 6) is 0.909. The lowest BCUT2D eigenvalue weighted by Gasteiger charge is -2.35. The Morgan fingerprint density at radius 3 is 2.76 bits per heavy atom. The van der Waals surface area contributed by atoms with Gasteiger partial charge in [0.15, 0.2) is 0 Å². The fraction of sp³-hybridized carbons (Fsp3) is 0.647. The summed E-state index contributed by atoms with van der Waals surface area (Å²) in [7, 11) is 0. The Morgan fingerprint density at radius 2 is 2.10 bits per heavy atom. The predicted octanol–water partition coefficient (Wildman–Crippen LogP) is 2.35. The summed E-state index contributed by atoms with van der Waals surface area (Å²) in [5.41, 5.74) is 1.18. The quantitative estimate of drug-likeness (QED) is 0.810. The van der Waals surface area contributed by atoms with Crippen LogP contribution in [-0.2, 0) is 11.3 Å². The Kier molecular flexibility index (Phi) is 6.03. The number of ether oxygens (including phenoxy) is 2. The van der Waals surface area contributed by atoms with Gasteiger partial charge in [-0.1, -0.05) is 12.1 Å². The maximum Gasteiger partial charge on any atom is 0.120 e. The molecule has 2 rings (SSSR count). The van der Waals surface area contributed by atoms with Gasteiger partial charge in [-0.05, 0) is 44.4 Å². The molecule has 0 spiro atoms. The van der Waals surface area contributed by atoms with E-state index >= 15 is 0 Å². The van der Waals surface area contributed by atoms with Gasteiger partial charge in [0.2, 0.25) is 0 Å². The zero-order valence-corrected chi connectivity index (χ0v) is 13.1. The van der Waals surface area contributed by atoms with Crippen molar-refractivity contribution in [3.05, 3.63) is 29.8 Å². The minimum absolute atomic E-state index is 0.0235. The molecule has 0 atom stereocenters. The van der Waals surface area contributed by atoms with E-state index in [9.17, 15) is 5.11 Å². The standard InChI is InChI=1S/C17H27NO3/c1-14(2)21-16-5-3-4-15(10-16)11-18-12-17(13-19)6-8-20-9-7-17/h3-5,10,14,18-19H,6-9,11-13H2,1-2H3. The topological polar surface area (TPSA) is 50.7 Å². The third-order valence-corrected chi connectivity index (χ3v) is 3.99. The molecule has 1 saturated heterocycles. The average molecular weight is 293 g/mol. The first kappa shape index (κ1) is 16.3. The Hall–Kier alpha value is -1.10. The van der Waals surface area contributed by atoms with Crippen molar-refractivity contribution >= 4 is 0 Å². The van der Waals surface area contributed by atoms with Crippen LogP contribution in [0.5, 0.6) is 5.75 Å². The molecule has 2 N–H and O–H groups in total. The van der Waals surface area contributed by atoms with Crippen LogP contribution in [0.1, 0.15) is 32.3 Å². The molecule has 1 aromatic rings. The van der Waals surface area contributed by atoms with Crippen molar-refractivity contribution in [1.82, 2.24) is 5.32 Å². The van der Waals surface area contributed by atoms with Crippen molar-refractivity contribution in [2.45, 2.75) is 39.3 Å². The Bertz CT molecular complexity index is 428. The highest BCUT2D eigenvalue weighted by Gasteiger charge is 2.31. The van der Waals surface area contributed by atoms with Crippen LogP contribution in [0.4, 0.5) is 0 Å². The first-order valence-electron chi connectivity index (χ1n) is 7.78. The number of nitrogens with one attached hydrogen (secondary N) is 1.